The van der Waals surface area contributed by atoms with Crippen LogP contribution in [-0.2, 0) is 21.8 Å². The van der Waals surface area contributed by atoms with Gasteiger partial charge in [-0.1, -0.05) is 36.0 Å². The molecule has 1 aromatic heterocycles. The third-order valence-corrected chi connectivity index (χ3v) is 5.10. The van der Waals surface area contributed by atoms with E-state index in [4.69, 9.17) is 9.47 Å². The van der Waals surface area contributed by atoms with Crippen LogP contribution >= 0.6 is 11.8 Å². The van der Waals surface area contributed by atoms with Crippen molar-refractivity contribution in [3.05, 3.63) is 77.1 Å². The number of ether oxygens (including phenoxy) is 2. The van der Waals surface area contributed by atoms with Gasteiger partial charge in [-0.15, -0.1) is 10.2 Å². The fourth-order valence-electron chi connectivity index (χ4n) is 2.53. The van der Waals surface area contributed by atoms with Crippen LogP contribution < -0.4 is 0 Å². The minimum Gasteiger partial charge on any atom is -0.465 e. The molecule has 0 fully saturated rings. The molecule has 0 atom stereocenters. The van der Waals surface area contributed by atoms with E-state index in [9.17, 15) is 9.59 Å². The summed E-state index contributed by atoms with van der Waals surface area (Å²) in [6.45, 7) is 0.595. The number of methoxy groups -OCH3 is 2. The average molecular weight is 397 g/mol. The second kappa shape index (κ2) is 9.18. The van der Waals surface area contributed by atoms with Gasteiger partial charge in [0.15, 0.2) is 5.16 Å². The summed E-state index contributed by atoms with van der Waals surface area (Å²) < 4.78 is 11.4. The average Bonchev–Trinajstić information content (AvgIpc) is 3.19. The minimum absolute atomic E-state index is 0.350. The molecule has 1 heterocycles. The zero-order valence-electron chi connectivity index (χ0n) is 15.5. The van der Waals surface area contributed by atoms with Gasteiger partial charge in [-0.25, -0.2) is 9.59 Å². The van der Waals surface area contributed by atoms with Crippen molar-refractivity contribution in [3.63, 3.8) is 0 Å². The minimum atomic E-state index is -0.356. The van der Waals surface area contributed by atoms with Crippen LogP contribution in [0.1, 0.15) is 31.8 Å². The molecule has 0 aliphatic heterocycles. The molecule has 0 amide bonds. The van der Waals surface area contributed by atoms with Crippen LogP contribution in [0.4, 0.5) is 0 Å². The Labute approximate surface area is 166 Å². The van der Waals surface area contributed by atoms with E-state index >= 15 is 0 Å². The Morgan fingerprint density at radius 2 is 1.43 bits per heavy atom. The summed E-state index contributed by atoms with van der Waals surface area (Å²) in [5.74, 6) is -0.0102. The van der Waals surface area contributed by atoms with Gasteiger partial charge in [-0.05, 0) is 35.4 Å². The number of carbonyl (C=O) groups excluding carboxylic acids is 2. The summed E-state index contributed by atoms with van der Waals surface area (Å²) in [6, 6.07) is 14.5. The first kappa shape index (κ1) is 19.6. The highest BCUT2D eigenvalue weighted by molar-refractivity contribution is 7.98. The fraction of sp³-hybridized carbons (Fsp3) is 0.200. The molecule has 0 saturated heterocycles. The third-order valence-electron chi connectivity index (χ3n) is 4.05. The van der Waals surface area contributed by atoms with E-state index < -0.39 is 0 Å². The maximum absolute atomic E-state index is 11.5. The van der Waals surface area contributed by atoms with E-state index in [1.807, 2.05) is 28.8 Å². The van der Waals surface area contributed by atoms with E-state index in [0.29, 0.717) is 23.4 Å². The van der Waals surface area contributed by atoms with Crippen molar-refractivity contribution in [2.75, 3.05) is 14.2 Å². The summed E-state index contributed by atoms with van der Waals surface area (Å²) in [4.78, 5) is 23.0. The molecule has 0 aliphatic carbocycles. The van der Waals surface area contributed by atoms with E-state index in [-0.39, 0.29) is 11.9 Å². The molecule has 0 bridgehead atoms. The number of carbonyl (C=O) groups is 2. The Morgan fingerprint density at radius 1 is 0.893 bits per heavy atom. The third kappa shape index (κ3) is 4.77. The van der Waals surface area contributed by atoms with Gasteiger partial charge in [0.05, 0.1) is 31.9 Å². The fourth-order valence-corrected chi connectivity index (χ4v) is 3.40. The molecule has 0 saturated carbocycles. The van der Waals surface area contributed by atoms with Crippen LogP contribution in [0.2, 0.25) is 0 Å². The van der Waals surface area contributed by atoms with Crippen LogP contribution in [0.5, 0.6) is 0 Å². The number of rotatable bonds is 7. The van der Waals surface area contributed by atoms with Crippen LogP contribution in [-0.4, -0.2) is 40.9 Å². The predicted molar refractivity (Wildman–Crippen MR) is 104 cm³/mol. The molecule has 0 unspecified atom stereocenters. The normalized spacial score (nSPS) is 10.5. The molecule has 144 valence electrons. The molecule has 0 spiro atoms. The summed E-state index contributed by atoms with van der Waals surface area (Å²) in [5, 5.41) is 8.95. The monoisotopic (exact) mass is 397 g/mol. The van der Waals surface area contributed by atoms with Gasteiger partial charge < -0.3 is 14.0 Å². The lowest BCUT2D eigenvalue weighted by atomic mass is 10.1. The van der Waals surface area contributed by atoms with E-state index in [1.165, 1.54) is 14.2 Å². The molecule has 0 aliphatic rings. The number of thioether (sulfide) groups is 1. The Bertz CT molecular complexity index is 952. The van der Waals surface area contributed by atoms with Crippen LogP contribution in [0.15, 0.2) is 60.0 Å². The molecular formula is C20H19N3O4S. The van der Waals surface area contributed by atoms with Crippen molar-refractivity contribution < 1.29 is 19.1 Å². The van der Waals surface area contributed by atoms with Crippen molar-refractivity contribution in [2.45, 2.75) is 17.5 Å². The number of nitrogens with zero attached hydrogens (tertiary/aromatic N) is 3. The predicted octanol–water partition coefficient (Wildman–Crippen LogP) is 3.19. The summed E-state index contributed by atoms with van der Waals surface area (Å²) in [5.41, 5.74) is 3.13. The van der Waals surface area contributed by atoms with E-state index in [0.717, 1.165) is 16.3 Å². The Kier molecular flexibility index (Phi) is 6.44. The summed E-state index contributed by atoms with van der Waals surface area (Å²) >= 11 is 1.56. The van der Waals surface area contributed by atoms with Crippen LogP contribution in [0.25, 0.3) is 0 Å². The van der Waals surface area contributed by atoms with E-state index in [1.54, 1.807) is 42.4 Å². The molecular weight excluding hydrogens is 378 g/mol. The molecule has 8 heteroatoms. The Morgan fingerprint density at radius 3 is 1.96 bits per heavy atom. The Hall–Kier alpha value is -3.13. The highest BCUT2D eigenvalue weighted by Gasteiger charge is 2.09. The molecule has 7 nitrogen and oxygen atoms in total. The Balaban J connectivity index is 1.62. The summed E-state index contributed by atoms with van der Waals surface area (Å²) in [6.07, 6.45) is 1.68. The smallest absolute Gasteiger partial charge is 0.337 e. The van der Waals surface area contributed by atoms with Gasteiger partial charge in [0.1, 0.15) is 6.33 Å². The largest absolute Gasteiger partial charge is 0.465 e. The van der Waals surface area contributed by atoms with Gasteiger partial charge in [-0.3, -0.25) is 0 Å². The number of aromatic nitrogens is 3. The standard InChI is InChI=1S/C20H19N3O4S/c1-26-18(24)16-7-3-14(4-8-16)11-23-13-21-22-20(23)28-12-15-5-9-17(10-6-15)19(25)27-2/h3-10,13H,11-12H2,1-2H3. The molecule has 3 aromatic rings. The molecule has 2 aromatic carbocycles. The quantitative estimate of drug-likeness (QED) is 0.447. The molecule has 28 heavy (non-hydrogen) atoms. The number of esters is 2. The second-order valence-electron chi connectivity index (χ2n) is 5.91. The lowest BCUT2D eigenvalue weighted by Gasteiger charge is -2.08. The SMILES string of the molecule is COC(=O)c1ccc(CSc2nncn2Cc2ccc(C(=O)OC)cc2)cc1. The number of hydrogen-bond donors (Lipinski definition) is 0. The van der Waals surface area contributed by atoms with Crippen molar-refractivity contribution in [1.29, 1.82) is 0 Å². The van der Waals surface area contributed by atoms with Crippen molar-refractivity contribution in [2.24, 2.45) is 0 Å². The van der Waals surface area contributed by atoms with Gasteiger partial charge >= 0.3 is 11.9 Å². The van der Waals surface area contributed by atoms with Gasteiger partial charge in [0, 0.05) is 5.75 Å². The zero-order chi connectivity index (χ0) is 19.9. The van der Waals surface area contributed by atoms with Crippen LogP contribution in [0.3, 0.4) is 0 Å². The van der Waals surface area contributed by atoms with Crippen LogP contribution in [0, 0.1) is 0 Å². The lowest BCUT2D eigenvalue weighted by molar-refractivity contribution is 0.0592. The van der Waals surface area contributed by atoms with Crippen molar-refractivity contribution >= 4 is 23.7 Å². The highest BCUT2D eigenvalue weighted by atomic mass is 32.2. The van der Waals surface area contributed by atoms with Crippen molar-refractivity contribution in [1.82, 2.24) is 14.8 Å². The zero-order valence-corrected chi connectivity index (χ0v) is 16.3. The van der Waals surface area contributed by atoms with E-state index in [2.05, 4.69) is 10.2 Å². The summed E-state index contributed by atoms with van der Waals surface area (Å²) in [7, 11) is 2.72. The second-order valence-corrected chi connectivity index (χ2v) is 6.85. The van der Waals surface area contributed by atoms with Gasteiger partial charge in [0.2, 0.25) is 0 Å². The van der Waals surface area contributed by atoms with Crippen molar-refractivity contribution in [3.8, 4) is 0 Å². The maximum atomic E-state index is 11.5. The molecule has 0 radical (unpaired) electrons. The molecule has 0 N–H and O–H groups in total. The van der Waals surface area contributed by atoms with Gasteiger partial charge in [0.25, 0.3) is 0 Å². The first-order valence-corrected chi connectivity index (χ1v) is 9.44. The number of benzene rings is 2. The lowest BCUT2D eigenvalue weighted by Crippen LogP contribution is -2.03. The topological polar surface area (TPSA) is 83.3 Å². The number of hydrogen-bond acceptors (Lipinski definition) is 7. The molecule has 3 rings (SSSR count). The highest BCUT2D eigenvalue weighted by Crippen LogP contribution is 2.22. The maximum Gasteiger partial charge on any atom is 0.337 e. The van der Waals surface area contributed by atoms with Gasteiger partial charge in [-0.2, -0.15) is 0 Å². The first-order valence-electron chi connectivity index (χ1n) is 8.46. The first-order chi connectivity index (χ1) is 13.6.